The van der Waals surface area contributed by atoms with Gasteiger partial charge in [0, 0.05) is 0 Å². The van der Waals surface area contributed by atoms with E-state index in [1.54, 1.807) is 32.1 Å². The van der Waals surface area contributed by atoms with E-state index >= 15 is 0 Å². The monoisotopic (exact) mass is 221 g/mol. The van der Waals surface area contributed by atoms with Gasteiger partial charge in [-0.15, -0.1) is 0 Å². The molecule has 0 amide bonds. The van der Waals surface area contributed by atoms with Crippen molar-refractivity contribution in [3.63, 3.8) is 0 Å². The molecule has 2 N–H and O–H groups in total. The molecule has 0 aromatic rings. The molecule has 0 heterocycles. The van der Waals surface area contributed by atoms with Crippen LogP contribution in [0.1, 0.15) is 51.9 Å². The van der Waals surface area contributed by atoms with Crippen LogP contribution in [-0.4, -0.2) is 6.54 Å². The summed E-state index contributed by atoms with van der Waals surface area (Å²) < 4.78 is 0. The maximum Gasteiger partial charge on any atom is -0.00460 e. The van der Waals surface area contributed by atoms with Crippen molar-refractivity contribution in [2.45, 2.75) is 51.9 Å². The second kappa shape index (κ2) is 4.33. The van der Waals surface area contributed by atoms with Crippen LogP contribution >= 0.6 is 0 Å². The van der Waals surface area contributed by atoms with Crippen molar-refractivity contribution in [2.75, 3.05) is 6.54 Å². The van der Waals surface area contributed by atoms with Crippen molar-refractivity contribution in [1.29, 1.82) is 0 Å². The summed E-state index contributed by atoms with van der Waals surface area (Å²) in [5, 5.41) is 0. The maximum atomic E-state index is 6.04. The van der Waals surface area contributed by atoms with Gasteiger partial charge in [-0.25, -0.2) is 0 Å². The van der Waals surface area contributed by atoms with Crippen molar-refractivity contribution in [3.05, 3.63) is 0 Å². The van der Waals surface area contributed by atoms with E-state index in [9.17, 15) is 0 Å². The van der Waals surface area contributed by atoms with Crippen LogP contribution < -0.4 is 5.73 Å². The molecule has 1 unspecified atom stereocenters. The molecule has 1 nitrogen and oxygen atoms in total. The minimum atomic E-state index is 0.847. The standard InChI is InChI=1S/C15H27N/c1-2-3-12(9-16)15-13-5-10-4-11(7-13)8-14(15)6-10/h10-15H,2-9,16H2,1H3. The average molecular weight is 221 g/mol. The van der Waals surface area contributed by atoms with Crippen LogP contribution in [0.3, 0.4) is 0 Å². The van der Waals surface area contributed by atoms with E-state index in [4.69, 9.17) is 5.73 Å². The third-order valence-electron chi connectivity index (χ3n) is 5.81. The van der Waals surface area contributed by atoms with Gasteiger partial charge in [-0.2, -0.15) is 0 Å². The van der Waals surface area contributed by atoms with Gasteiger partial charge in [0.1, 0.15) is 0 Å². The summed E-state index contributed by atoms with van der Waals surface area (Å²) in [4.78, 5) is 0. The minimum absolute atomic E-state index is 0.847. The van der Waals surface area contributed by atoms with Crippen LogP contribution in [0.25, 0.3) is 0 Å². The highest BCUT2D eigenvalue weighted by Crippen LogP contribution is 2.58. The molecule has 0 aromatic heterocycles. The normalized spacial score (nSPS) is 47.2. The molecule has 1 atom stereocenters. The van der Waals surface area contributed by atoms with Crippen molar-refractivity contribution < 1.29 is 0 Å². The second-order valence-electron chi connectivity index (χ2n) is 6.79. The van der Waals surface area contributed by atoms with E-state index in [-0.39, 0.29) is 0 Å². The Labute approximate surface area is 100 Å². The molecule has 4 rings (SSSR count). The quantitative estimate of drug-likeness (QED) is 0.773. The fourth-order valence-corrected chi connectivity index (χ4v) is 5.58. The van der Waals surface area contributed by atoms with Crippen LogP contribution in [0.15, 0.2) is 0 Å². The first-order chi connectivity index (χ1) is 7.81. The summed E-state index contributed by atoms with van der Waals surface area (Å²) in [6.45, 7) is 3.26. The molecule has 4 aliphatic carbocycles. The molecule has 0 aliphatic heterocycles. The first-order valence-electron chi connectivity index (χ1n) is 7.51. The van der Waals surface area contributed by atoms with Gasteiger partial charge in [0.05, 0.1) is 0 Å². The van der Waals surface area contributed by atoms with Crippen molar-refractivity contribution >= 4 is 0 Å². The highest BCUT2D eigenvalue weighted by molar-refractivity contribution is 4.99. The van der Waals surface area contributed by atoms with Gasteiger partial charge in [0.15, 0.2) is 0 Å². The Morgan fingerprint density at radius 1 is 1.00 bits per heavy atom. The Morgan fingerprint density at radius 3 is 2.00 bits per heavy atom. The lowest BCUT2D eigenvalue weighted by Gasteiger charge is -2.56. The predicted octanol–water partition coefficient (Wildman–Crippen LogP) is 3.43. The van der Waals surface area contributed by atoms with Crippen LogP contribution in [0.4, 0.5) is 0 Å². The summed E-state index contributed by atoms with van der Waals surface area (Å²) in [7, 11) is 0. The summed E-state index contributed by atoms with van der Waals surface area (Å²) in [5.41, 5.74) is 6.04. The van der Waals surface area contributed by atoms with E-state index in [0.717, 1.165) is 42.1 Å². The SMILES string of the molecule is CCCC(CN)C1C2CC3CC(C2)CC1C3. The first kappa shape index (κ1) is 11.1. The van der Waals surface area contributed by atoms with E-state index in [1.165, 1.54) is 12.8 Å². The van der Waals surface area contributed by atoms with E-state index in [0.29, 0.717) is 0 Å². The van der Waals surface area contributed by atoms with Gasteiger partial charge in [-0.05, 0) is 80.6 Å². The third kappa shape index (κ3) is 1.72. The van der Waals surface area contributed by atoms with Gasteiger partial charge in [-0.1, -0.05) is 13.3 Å². The highest BCUT2D eigenvalue weighted by atomic mass is 14.6. The summed E-state index contributed by atoms with van der Waals surface area (Å²) in [6, 6.07) is 0. The Morgan fingerprint density at radius 2 is 1.56 bits per heavy atom. The molecule has 16 heavy (non-hydrogen) atoms. The van der Waals surface area contributed by atoms with E-state index in [2.05, 4.69) is 6.92 Å². The smallest absolute Gasteiger partial charge is 0.00460 e. The molecule has 92 valence electrons. The van der Waals surface area contributed by atoms with E-state index in [1.807, 2.05) is 0 Å². The maximum absolute atomic E-state index is 6.04. The van der Waals surface area contributed by atoms with Gasteiger partial charge < -0.3 is 5.73 Å². The third-order valence-corrected chi connectivity index (χ3v) is 5.81. The molecule has 4 bridgehead atoms. The lowest BCUT2D eigenvalue weighted by atomic mass is 9.49. The molecule has 4 fully saturated rings. The Kier molecular flexibility index (Phi) is 2.99. The lowest BCUT2D eigenvalue weighted by Crippen LogP contribution is -2.48. The zero-order valence-corrected chi connectivity index (χ0v) is 10.7. The number of rotatable bonds is 4. The molecular weight excluding hydrogens is 194 g/mol. The number of hydrogen-bond acceptors (Lipinski definition) is 1. The summed E-state index contributed by atoms with van der Waals surface area (Å²) >= 11 is 0. The van der Waals surface area contributed by atoms with Crippen molar-refractivity contribution in [3.8, 4) is 0 Å². The molecule has 0 aromatic carbocycles. The predicted molar refractivity (Wildman–Crippen MR) is 68.0 cm³/mol. The average Bonchev–Trinajstić information content (AvgIpc) is 2.26. The van der Waals surface area contributed by atoms with Gasteiger partial charge in [-0.3, -0.25) is 0 Å². The second-order valence-corrected chi connectivity index (χ2v) is 6.79. The Hall–Kier alpha value is -0.0400. The molecule has 1 heteroatoms. The zero-order chi connectivity index (χ0) is 11.1. The topological polar surface area (TPSA) is 26.0 Å². The first-order valence-corrected chi connectivity index (χ1v) is 7.51. The van der Waals surface area contributed by atoms with Crippen LogP contribution in [0, 0.1) is 35.5 Å². The van der Waals surface area contributed by atoms with Crippen LogP contribution in [0.2, 0.25) is 0 Å². The van der Waals surface area contributed by atoms with Gasteiger partial charge in [0.25, 0.3) is 0 Å². The molecular formula is C15H27N. The van der Waals surface area contributed by atoms with Crippen LogP contribution in [0.5, 0.6) is 0 Å². The highest BCUT2D eigenvalue weighted by Gasteiger charge is 2.49. The molecule has 4 saturated carbocycles. The molecule has 0 saturated heterocycles. The van der Waals surface area contributed by atoms with Crippen molar-refractivity contribution in [1.82, 2.24) is 0 Å². The number of nitrogens with two attached hydrogens (primary N) is 1. The van der Waals surface area contributed by atoms with Gasteiger partial charge in [0.2, 0.25) is 0 Å². The largest absolute Gasteiger partial charge is 0.330 e. The molecule has 4 aliphatic rings. The lowest BCUT2D eigenvalue weighted by molar-refractivity contribution is -0.0615. The number of hydrogen-bond donors (Lipinski definition) is 1. The van der Waals surface area contributed by atoms with E-state index < -0.39 is 0 Å². The Bertz CT molecular complexity index is 217. The Balaban J connectivity index is 1.75. The minimum Gasteiger partial charge on any atom is -0.330 e. The zero-order valence-electron chi connectivity index (χ0n) is 10.7. The fraction of sp³-hybridized carbons (Fsp3) is 1.00. The van der Waals surface area contributed by atoms with Crippen molar-refractivity contribution in [2.24, 2.45) is 41.2 Å². The summed E-state index contributed by atoms with van der Waals surface area (Å²) in [6.07, 6.45) is 10.5. The molecule has 0 spiro atoms. The fourth-order valence-electron chi connectivity index (χ4n) is 5.58. The summed E-state index contributed by atoms with van der Waals surface area (Å²) in [5.74, 6) is 6.21. The molecule has 0 radical (unpaired) electrons. The van der Waals surface area contributed by atoms with Gasteiger partial charge >= 0.3 is 0 Å². The van der Waals surface area contributed by atoms with Crippen LogP contribution in [-0.2, 0) is 0 Å².